The summed E-state index contributed by atoms with van der Waals surface area (Å²) < 4.78 is 8.97. The van der Waals surface area contributed by atoms with Crippen LogP contribution in [0.15, 0.2) is 78.4 Å². The summed E-state index contributed by atoms with van der Waals surface area (Å²) >= 11 is 0. The van der Waals surface area contributed by atoms with Crippen molar-refractivity contribution in [1.82, 2.24) is 24.0 Å². The van der Waals surface area contributed by atoms with Crippen LogP contribution in [0.4, 0.5) is 5.82 Å². The number of amides is 1. The number of carbonyl (C=O) groups excluding carboxylic acids is 1. The zero-order valence-electron chi connectivity index (χ0n) is 17.8. The van der Waals surface area contributed by atoms with Gasteiger partial charge in [-0.05, 0) is 48.9 Å². The molecule has 2 aromatic carbocycles. The number of para-hydroxylation sites is 1. The molecule has 33 heavy (non-hydrogen) atoms. The van der Waals surface area contributed by atoms with E-state index in [4.69, 9.17) is 10.5 Å². The van der Waals surface area contributed by atoms with Crippen LogP contribution in [0.25, 0.3) is 16.9 Å². The molecule has 3 heterocycles. The van der Waals surface area contributed by atoms with Crippen LogP contribution in [0.3, 0.4) is 0 Å². The number of hydrogen-bond acceptors (Lipinski definition) is 6. The number of imidazole rings is 1. The minimum atomic E-state index is -0.285. The molecule has 1 aliphatic heterocycles. The third-order valence-corrected chi connectivity index (χ3v) is 5.77. The summed E-state index contributed by atoms with van der Waals surface area (Å²) in [6.07, 6.45) is 3.26. The van der Waals surface area contributed by atoms with Crippen LogP contribution in [0, 0.1) is 0 Å². The van der Waals surface area contributed by atoms with Crippen LogP contribution >= 0.6 is 0 Å². The second kappa shape index (κ2) is 8.27. The second-order valence-corrected chi connectivity index (χ2v) is 7.76. The summed E-state index contributed by atoms with van der Waals surface area (Å²) in [5, 5.41) is 0. The molecule has 2 aromatic heterocycles. The molecule has 9 nitrogen and oxygen atoms in total. The van der Waals surface area contributed by atoms with E-state index in [0.29, 0.717) is 42.1 Å². The molecular weight excluding hydrogens is 420 g/mol. The van der Waals surface area contributed by atoms with Crippen molar-refractivity contribution in [3.63, 3.8) is 0 Å². The summed E-state index contributed by atoms with van der Waals surface area (Å²) in [6, 6.07) is 16.4. The highest BCUT2D eigenvalue weighted by Crippen LogP contribution is 2.28. The summed E-state index contributed by atoms with van der Waals surface area (Å²) in [4.78, 5) is 35.8. The largest absolute Gasteiger partial charge is 0.457 e. The van der Waals surface area contributed by atoms with E-state index in [1.807, 2.05) is 30.3 Å². The Bertz CT molecular complexity index is 1390. The fourth-order valence-corrected chi connectivity index (χ4v) is 4.21. The number of nitrogens with zero attached hydrogens (tertiary/aromatic N) is 5. The molecule has 0 saturated carbocycles. The van der Waals surface area contributed by atoms with Gasteiger partial charge in [-0.3, -0.25) is 13.9 Å². The fraction of sp³-hybridized carbons (Fsp3) is 0.167. The highest BCUT2D eigenvalue weighted by Gasteiger charge is 2.31. The first-order chi connectivity index (χ1) is 16.1. The highest BCUT2D eigenvalue weighted by molar-refractivity contribution is 5.87. The van der Waals surface area contributed by atoms with Gasteiger partial charge in [-0.1, -0.05) is 24.8 Å². The van der Waals surface area contributed by atoms with Crippen LogP contribution in [0.1, 0.15) is 12.5 Å². The molecule has 0 bridgehead atoms. The number of anilines is 1. The van der Waals surface area contributed by atoms with Gasteiger partial charge in [0.1, 0.15) is 23.3 Å². The van der Waals surface area contributed by atoms with Crippen molar-refractivity contribution in [2.24, 2.45) is 0 Å². The number of aromatic nitrogens is 4. The molecule has 1 aliphatic rings. The Morgan fingerprint density at radius 1 is 1.09 bits per heavy atom. The average Bonchev–Trinajstić information content (AvgIpc) is 3.43. The number of ether oxygens (including phenoxy) is 1. The Morgan fingerprint density at radius 2 is 1.82 bits per heavy atom. The van der Waals surface area contributed by atoms with Gasteiger partial charge in [0.25, 0.3) is 0 Å². The van der Waals surface area contributed by atoms with Crippen molar-refractivity contribution < 1.29 is 9.53 Å². The molecule has 5 rings (SSSR count). The van der Waals surface area contributed by atoms with Gasteiger partial charge < -0.3 is 15.4 Å². The minimum Gasteiger partial charge on any atom is -0.457 e. The first-order valence-electron chi connectivity index (χ1n) is 10.5. The molecule has 0 radical (unpaired) electrons. The van der Waals surface area contributed by atoms with Crippen molar-refractivity contribution in [3.05, 3.63) is 84.1 Å². The standard InChI is InChI=1S/C24H22N6O3/c1-2-20(31)28-13-12-17(14-28)30-23-21(22(25)26-15-27-23)29(24(30)32)16-8-10-19(11-9-16)33-18-6-4-3-5-7-18/h2-11,15,17H,1,12-14H2,(H2,25,26,27). The van der Waals surface area contributed by atoms with Gasteiger partial charge in [-0.25, -0.2) is 14.8 Å². The van der Waals surface area contributed by atoms with Gasteiger partial charge in [0.2, 0.25) is 5.91 Å². The summed E-state index contributed by atoms with van der Waals surface area (Å²) in [5.74, 6) is 1.41. The normalized spacial score (nSPS) is 15.6. The van der Waals surface area contributed by atoms with Crippen LogP contribution in [-0.2, 0) is 4.79 Å². The first kappa shape index (κ1) is 20.5. The lowest BCUT2D eigenvalue weighted by molar-refractivity contribution is -0.125. The van der Waals surface area contributed by atoms with E-state index < -0.39 is 0 Å². The molecule has 1 amide bonds. The van der Waals surface area contributed by atoms with E-state index in [0.717, 1.165) is 5.75 Å². The molecule has 0 aliphatic carbocycles. The van der Waals surface area contributed by atoms with Gasteiger partial charge in [0.15, 0.2) is 11.5 Å². The van der Waals surface area contributed by atoms with Crippen molar-refractivity contribution in [1.29, 1.82) is 0 Å². The number of rotatable bonds is 5. The molecule has 4 aromatic rings. The molecule has 0 spiro atoms. The van der Waals surface area contributed by atoms with Gasteiger partial charge in [0.05, 0.1) is 11.7 Å². The van der Waals surface area contributed by atoms with E-state index in [1.54, 1.807) is 33.7 Å². The lowest BCUT2D eigenvalue weighted by Gasteiger charge is -2.14. The van der Waals surface area contributed by atoms with E-state index in [1.165, 1.54) is 17.0 Å². The predicted molar refractivity (Wildman–Crippen MR) is 124 cm³/mol. The van der Waals surface area contributed by atoms with E-state index >= 15 is 0 Å². The summed E-state index contributed by atoms with van der Waals surface area (Å²) in [7, 11) is 0. The number of benzene rings is 2. The van der Waals surface area contributed by atoms with Crippen molar-refractivity contribution in [3.8, 4) is 17.2 Å². The molecule has 1 saturated heterocycles. The van der Waals surface area contributed by atoms with Crippen molar-refractivity contribution >= 4 is 22.9 Å². The Kier molecular flexibility index (Phi) is 5.14. The number of likely N-dealkylation sites (tertiary alicyclic amines) is 1. The van der Waals surface area contributed by atoms with Gasteiger partial charge >= 0.3 is 5.69 Å². The molecular formula is C24H22N6O3. The molecule has 9 heteroatoms. The SMILES string of the molecule is C=CC(=O)N1CCC(n2c(=O)n(-c3ccc(Oc4ccccc4)cc3)c3c(N)ncnc32)C1. The fourth-order valence-electron chi connectivity index (χ4n) is 4.21. The van der Waals surface area contributed by atoms with Crippen LogP contribution in [-0.4, -0.2) is 43.0 Å². The Hall–Kier alpha value is -4.40. The summed E-state index contributed by atoms with van der Waals surface area (Å²) in [5.41, 5.74) is 7.38. The molecule has 2 N–H and O–H groups in total. The highest BCUT2D eigenvalue weighted by atomic mass is 16.5. The Labute approximate surface area is 189 Å². The van der Waals surface area contributed by atoms with Gasteiger partial charge in [-0.2, -0.15) is 0 Å². The van der Waals surface area contributed by atoms with Crippen molar-refractivity contribution in [2.75, 3.05) is 18.8 Å². The summed E-state index contributed by atoms with van der Waals surface area (Å²) in [6.45, 7) is 4.49. The van der Waals surface area contributed by atoms with Crippen LogP contribution < -0.4 is 16.2 Å². The topological polar surface area (TPSA) is 108 Å². The monoisotopic (exact) mass is 442 g/mol. The zero-order valence-corrected chi connectivity index (χ0v) is 17.8. The predicted octanol–water partition coefficient (Wildman–Crippen LogP) is 2.92. The maximum Gasteiger partial charge on any atom is 0.335 e. The zero-order chi connectivity index (χ0) is 22.9. The lowest BCUT2D eigenvalue weighted by atomic mass is 10.2. The number of fused-ring (bicyclic) bond motifs is 1. The first-order valence-corrected chi connectivity index (χ1v) is 10.5. The average molecular weight is 442 g/mol. The molecule has 1 fully saturated rings. The number of nitrogen functional groups attached to an aromatic ring is 1. The van der Waals surface area contributed by atoms with Crippen LogP contribution in [0.2, 0.25) is 0 Å². The smallest absolute Gasteiger partial charge is 0.335 e. The number of nitrogens with two attached hydrogens (primary N) is 1. The molecule has 1 atom stereocenters. The quantitative estimate of drug-likeness (QED) is 0.476. The third kappa shape index (κ3) is 3.63. The second-order valence-electron chi connectivity index (χ2n) is 7.76. The van der Waals surface area contributed by atoms with Gasteiger partial charge in [-0.15, -0.1) is 0 Å². The molecule has 166 valence electrons. The third-order valence-electron chi connectivity index (χ3n) is 5.77. The van der Waals surface area contributed by atoms with Crippen LogP contribution in [0.5, 0.6) is 11.5 Å². The Morgan fingerprint density at radius 3 is 2.55 bits per heavy atom. The van der Waals surface area contributed by atoms with E-state index in [9.17, 15) is 9.59 Å². The van der Waals surface area contributed by atoms with E-state index in [-0.39, 0.29) is 23.5 Å². The van der Waals surface area contributed by atoms with E-state index in [2.05, 4.69) is 16.5 Å². The van der Waals surface area contributed by atoms with Gasteiger partial charge in [0, 0.05) is 13.1 Å². The maximum atomic E-state index is 13.6. The lowest BCUT2D eigenvalue weighted by Crippen LogP contribution is -2.31. The Balaban J connectivity index is 1.55. The molecule has 1 unspecified atom stereocenters. The van der Waals surface area contributed by atoms with Crippen molar-refractivity contribution in [2.45, 2.75) is 12.5 Å². The maximum absolute atomic E-state index is 13.6. The minimum absolute atomic E-state index is 0.155. The number of hydrogen-bond donors (Lipinski definition) is 1. The number of carbonyl (C=O) groups is 1.